The number of benzene rings is 1. The first kappa shape index (κ1) is 14.9. The Hall–Kier alpha value is -2.48. The van der Waals surface area contributed by atoms with E-state index in [9.17, 15) is 4.79 Å². The molecular weight excluding hydrogens is 290 g/mol. The molecule has 0 amide bonds. The van der Waals surface area contributed by atoms with Gasteiger partial charge in [-0.2, -0.15) is 0 Å². The molecule has 8 heteroatoms. The zero-order valence-electron chi connectivity index (χ0n) is 11.4. The van der Waals surface area contributed by atoms with Crippen LogP contribution in [0.25, 0.3) is 0 Å². The van der Waals surface area contributed by atoms with Crippen LogP contribution in [0.1, 0.15) is 17.3 Å². The Balaban J connectivity index is 2.32. The second-order valence-corrected chi connectivity index (χ2v) is 5.05. The summed E-state index contributed by atoms with van der Waals surface area (Å²) in [5, 5.41) is 0.361. The fourth-order valence-corrected chi connectivity index (χ4v) is 2.49. The van der Waals surface area contributed by atoms with Gasteiger partial charge in [0.05, 0.1) is 17.9 Å². The minimum absolute atomic E-state index is 0.269. The molecule has 1 aromatic carbocycles. The number of anilines is 3. The molecule has 0 saturated heterocycles. The van der Waals surface area contributed by atoms with Crippen molar-refractivity contribution in [3.8, 4) is 0 Å². The summed E-state index contributed by atoms with van der Waals surface area (Å²) in [4.78, 5) is 20.5. The first-order chi connectivity index (χ1) is 10.0. The number of para-hydroxylation sites is 1. The smallest absolute Gasteiger partial charge is 0.340 e. The van der Waals surface area contributed by atoms with Gasteiger partial charge in [0, 0.05) is 11.0 Å². The van der Waals surface area contributed by atoms with E-state index in [1.165, 1.54) is 17.8 Å². The number of aromatic nitrogens is 2. The quantitative estimate of drug-likeness (QED) is 0.440. The van der Waals surface area contributed by atoms with Crippen LogP contribution in [0.2, 0.25) is 0 Å². The normalized spacial score (nSPS) is 10.3. The van der Waals surface area contributed by atoms with Crippen LogP contribution in [0.4, 0.5) is 17.3 Å². The molecule has 110 valence electrons. The van der Waals surface area contributed by atoms with E-state index in [1.54, 1.807) is 25.1 Å². The second-order valence-electron chi connectivity index (χ2n) is 4.04. The highest BCUT2D eigenvalue weighted by atomic mass is 32.2. The van der Waals surface area contributed by atoms with Crippen molar-refractivity contribution in [1.29, 1.82) is 0 Å². The van der Waals surface area contributed by atoms with Crippen LogP contribution >= 0.6 is 11.8 Å². The van der Waals surface area contributed by atoms with Crippen molar-refractivity contribution in [3.63, 3.8) is 0 Å². The summed E-state index contributed by atoms with van der Waals surface area (Å²) in [6.07, 6.45) is 0. The lowest BCUT2D eigenvalue weighted by molar-refractivity contribution is 0.0527. The third-order valence-electron chi connectivity index (χ3n) is 2.51. The van der Waals surface area contributed by atoms with E-state index in [-0.39, 0.29) is 18.2 Å². The molecule has 0 saturated carbocycles. The van der Waals surface area contributed by atoms with E-state index in [0.717, 1.165) is 0 Å². The molecule has 0 unspecified atom stereocenters. The van der Waals surface area contributed by atoms with E-state index in [0.29, 0.717) is 21.3 Å². The van der Waals surface area contributed by atoms with Gasteiger partial charge in [0.2, 0.25) is 0 Å². The summed E-state index contributed by atoms with van der Waals surface area (Å²) in [5.41, 5.74) is 17.9. The first-order valence-corrected chi connectivity index (χ1v) is 6.96. The van der Waals surface area contributed by atoms with Gasteiger partial charge in [-0.1, -0.05) is 6.07 Å². The van der Waals surface area contributed by atoms with Crippen molar-refractivity contribution >= 4 is 35.1 Å². The number of nitrogens with zero attached hydrogens (tertiary/aromatic N) is 2. The predicted octanol–water partition coefficient (Wildman–Crippen LogP) is 1.55. The first-order valence-electron chi connectivity index (χ1n) is 6.14. The lowest BCUT2D eigenvalue weighted by Gasteiger charge is -2.09. The van der Waals surface area contributed by atoms with E-state index < -0.39 is 5.97 Å². The SMILES string of the molecule is CCOC(=O)c1cccc(Sc2nc(N)cc(N)n2)c1N. The van der Waals surface area contributed by atoms with Gasteiger partial charge in [0.25, 0.3) is 0 Å². The van der Waals surface area contributed by atoms with Crippen molar-refractivity contribution in [2.24, 2.45) is 0 Å². The number of rotatable bonds is 4. The number of carbonyl (C=O) groups is 1. The van der Waals surface area contributed by atoms with Gasteiger partial charge in [-0.05, 0) is 30.8 Å². The number of nitrogens with two attached hydrogens (primary N) is 3. The summed E-state index contributed by atoms with van der Waals surface area (Å²) >= 11 is 1.18. The Morgan fingerprint density at radius 2 is 1.90 bits per heavy atom. The van der Waals surface area contributed by atoms with Crippen LogP contribution in [-0.2, 0) is 4.74 Å². The van der Waals surface area contributed by atoms with Crippen LogP contribution in [0.15, 0.2) is 34.3 Å². The van der Waals surface area contributed by atoms with Crippen LogP contribution in [0, 0.1) is 0 Å². The van der Waals surface area contributed by atoms with Gasteiger partial charge in [-0.3, -0.25) is 0 Å². The number of nitrogen functional groups attached to an aromatic ring is 3. The maximum absolute atomic E-state index is 11.8. The van der Waals surface area contributed by atoms with Crippen molar-refractivity contribution in [2.75, 3.05) is 23.8 Å². The van der Waals surface area contributed by atoms with E-state index in [1.807, 2.05) is 0 Å². The molecule has 21 heavy (non-hydrogen) atoms. The Morgan fingerprint density at radius 3 is 2.52 bits per heavy atom. The topological polar surface area (TPSA) is 130 Å². The summed E-state index contributed by atoms with van der Waals surface area (Å²) in [5.74, 6) is 0.0701. The number of esters is 1. The number of ether oxygens (including phenoxy) is 1. The molecule has 0 atom stereocenters. The fourth-order valence-electron chi connectivity index (χ4n) is 1.63. The third-order valence-corrected chi connectivity index (χ3v) is 3.45. The molecule has 6 N–H and O–H groups in total. The Bertz CT molecular complexity index is 657. The highest BCUT2D eigenvalue weighted by Gasteiger charge is 2.15. The van der Waals surface area contributed by atoms with Crippen molar-refractivity contribution in [3.05, 3.63) is 29.8 Å². The maximum Gasteiger partial charge on any atom is 0.340 e. The second kappa shape index (κ2) is 6.31. The van der Waals surface area contributed by atoms with E-state index >= 15 is 0 Å². The molecule has 0 aliphatic rings. The zero-order valence-corrected chi connectivity index (χ0v) is 12.2. The Morgan fingerprint density at radius 1 is 1.24 bits per heavy atom. The molecule has 1 aromatic heterocycles. The maximum atomic E-state index is 11.8. The van der Waals surface area contributed by atoms with Crippen LogP contribution in [-0.4, -0.2) is 22.5 Å². The Kier molecular flexibility index (Phi) is 4.49. The lowest BCUT2D eigenvalue weighted by atomic mass is 10.2. The lowest BCUT2D eigenvalue weighted by Crippen LogP contribution is -2.08. The molecule has 0 aliphatic heterocycles. The average Bonchev–Trinajstić information content (AvgIpc) is 2.40. The van der Waals surface area contributed by atoms with Gasteiger partial charge in [-0.25, -0.2) is 14.8 Å². The summed E-state index contributed by atoms with van der Waals surface area (Å²) in [6.45, 7) is 2.01. The van der Waals surface area contributed by atoms with Crippen molar-refractivity contribution in [2.45, 2.75) is 17.0 Å². The Labute approximate surface area is 125 Å². The van der Waals surface area contributed by atoms with Gasteiger partial charge in [-0.15, -0.1) is 0 Å². The largest absolute Gasteiger partial charge is 0.462 e. The molecule has 0 bridgehead atoms. The van der Waals surface area contributed by atoms with Gasteiger partial charge < -0.3 is 21.9 Å². The van der Waals surface area contributed by atoms with Crippen LogP contribution in [0.5, 0.6) is 0 Å². The third kappa shape index (κ3) is 3.54. The molecule has 2 rings (SSSR count). The minimum atomic E-state index is -0.467. The number of hydrogen-bond acceptors (Lipinski definition) is 8. The van der Waals surface area contributed by atoms with Gasteiger partial charge in [0.1, 0.15) is 11.6 Å². The molecule has 0 radical (unpaired) electrons. The van der Waals surface area contributed by atoms with Crippen LogP contribution < -0.4 is 17.2 Å². The average molecular weight is 305 g/mol. The standard InChI is InChI=1S/C13H15N5O2S/c1-2-20-12(19)7-4-3-5-8(11(7)16)21-13-17-9(14)6-10(15)18-13/h3-6H,2,16H2,1H3,(H4,14,15,17,18). The molecule has 0 fully saturated rings. The van der Waals surface area contributed by atoms with Gasteiger partial charge in [0.15, 0.2) is 5.16 Å². The molecule has 2 aromatic rings. The van der Waals surface area contributed by atoms with E-state index in [2.05, 4.69) is 9.97 Å². The minimum Gasteiger partial charge on any atom is -0.462 e. The molecule has 7 nitrogen and oxygen atoms in total. The monoisotopic (exact) mass is 305 g/mol. The highest BCUT2D eigenvalue weighted by Crippen LogP contribution is 2.32. The van der Waals surface area contributed by atoms with Crippen molar-refractivity contribution < 1.29 is 9.53 Å². The zero-order chi connectivity index (χ0) is 15.4. The van der Waals surface area contributed by atoms with Crippen LogP contribution in [0.3, 0.4) is 0 Å². The predicted molar refractivity (Wildman–Crippen MR) is 81.8 cm³/mol. The molecule has 1 heterocycles. The number of carbonyl (C=O) groups excluding carboxylic acids is 1. The van der Waals surface area contributed by atoms with E-state index in [4.69, 9.17) is 21.9 Å². The highest BCUT2D eigenvalue weighted by molar-refractivity contribution is 7.99. The number of hydrogen-bond donors (Lipinski definition) is 3. The molecule has 0 spiro atoms. The summed E-state index contributed by atoms with van der Waals surface area (Å²) in [6, 6.07) is 6.53. The summed E-state index contributed by atoms with van der Waals surface area (Å²) in [7, 11) is 0. The fraction of sp³-hybridized carbons (Fsp3) is 0.154. The molecule has 0 aliphatic carbocycles. The summed E-state index contributed by atoms with van der Waals surface area (Å²) < 4.78 is 4.95. The molecular formula is C13H15N5O2S. The van der Waals surface area contributed by atoms with Gasteiger partial charge >= 0.3 is 5.97 Å². The van der Waals surface area contributed by atoms with Crippen molar-refractivity contribution in [1.82, 2.24) is 9.97 Å².